The smallest absolute Gasteiger partial charge is 0.315 e. The van der Waals surface area contributed by atoms with Crippen LogP contribution in [0.4, 0.5) is 0 Å². The number of nitrogens with two attached hydrogens (primary N) is 1. The Hall–Kier alpha value is -0.650. The van der Waals surface area contributed by atoms with E-state index in [0.717, 1.165) is 6.42 Å². The Morgan fingerprint density at radius 2 is 2.18 bits per heavy atom. The maximum atomic E-state index is 12.1. The lowest BCUT2D eigenvalue weighted by atomic mass is 9.99. The van der Waals surface area contributed by atoms with E-state index in [1.54, 1.807) is 0 Å². The molecule has 2 aliphatic carbocycles. The van der Waals surface area contributed by atoms with Crippen LogP contribution in [0.3, 0.4) is 0 Å². The van der Waals surface area contributed by atoms with Crippen LogP contribution in [0.2, 0.25) is 0 Å². The van der Waals surface area contributed by atoms with Crippen LogP contribution >= 0.6 is 0 Å². The van der Waals surface area contributed by atoms with Gasteiger partial charge in [-0.1, -0.05) is 0 Å². The quantitative estimate of drug-likeness (QED) is 0.709. The van der Waals surface area contributed by atoms with Gasteiger partial charge >= 0.3 is 5.97 Å². The van der Waals surface area contributed by atoms with Gasteiger partial charge in [0.1, 0.15) is 17.6 Å². The first-order valence-corrected chi connectivity index (χ1v) is 6.21. The molecular weight excluding hydrogens is 222 g/mol. The maximum absolute atomic E-state index is 12.1. The van der Waals surface area contributed by atoms with Crippen LogP contribution in [-0.2, 0) is 19.0 Å². The van der Waals surface area contributed by atoms with E-state index in [2.05, 4.69) is 0 Å². The highest BCUT2D eigenvalue weighted by atomic mass is 16.8. The standard InChI is InChI=1S/C12H19NO4/c1-4-15-10(14)12-5-6(12)7(13)8-9(12)17-11(2,3)16-8/h6-9H,4-5,13H2,1-3H3/t6-,7-,8+,9+,12+/m1/s1. The molecule has 0 bridgehead atoms. The van der Waals surface area contributed by atoms with E-state index < -0.39 is 11.2 Å². The van der Waals surface area contributed by atoms with Crippen molar-refractivity contribution < 1.29 is 19.0 Å². The summed E-state index contributed by atoms with van der Waals surface area (Å²) < 4.78 is 16.8. The predicted octanol–water partition coefficient (Wildman–Crippen LogP) is 0.417. The molecule has 3 fully saturated rings. The molecule has 17 heavy (non-hydrogen) atoms. The van der Waals surface area contributed by atoms with Gasteiger partial charge in [-0.15, -0.1) is 0 Å². The van der Waals surface area contributed by atoms with Crippen molar-refractivity contribution in [3.8, 4) is 0 Å². The highest BCUT2D eigenvalue weighted by Gasteiger charge is 2.79. The zero-order valence-electron chi connectivity index (χ0n) is 10.4. The van der Waals surface area contributed by atoms with Gasteiger partial charge < -0.3 is 19.9 Å². The molecule has 1 heterocycles. The van der Waals surface area contributed by atoms with Crippen molar-refractivity contribution >= 4 is 5.97 Å². The van der Waals surface area contributed by atoms with Crippen molar-refractivity contribution in [2.24, 2.45) is 17.1 Å². The van der Waals surface area contributed by atoms with Crippen LogP contribution in [-0.4, -0.2) is 36.6 Å². The summed E-state index contributed by atoms with van der Waals surface area (Å²) in [6.45, 7) is 5.92. The molecule has 0 amide bonds. The number of esters is 1. The molecular formula is C12H19NO4. The van der Waals surface area contributed by atoms with E-state index in [4.69, 9.17) is 19.9 Å². The first-order valence-electron chi connectivity index (χ1n) is 6.21. The second kappa shape index (κ2) is 3.22. The Bertz CT molecular complexity index is 370. The van der Waals surface area contributed by atoms with Gasteiger partial charge in [-0.05, 0) is 33.1 Å². The first-order chi connectivity index (χ1) is 7.92. The molecule has 0 aromatic rings. The van der Waals surface area contributed by atoms with Crippen molar-refractivity contribution in [2.45, 2.75) is 51.2 Å². The highest BCUT2D eigenvalue weighted by molar-refractivity contribution is 5.83. The van der Waals surface area contributed by atoms with Gasteiger partial charge in [0.2, 0.25) is 0 Å². The summed E-state index contributed by atoms with van der Waals surface area (Å²) in [7, 11) is 0. The average molecular weight is 241 g/mol. The molecule has 0 aromatic heterocycles. The van der Waals surface area contributed by atoms with Crippen molar-refractivity contribution in [1.29, 1.82) is 0 Å². The zero-order chi connectivity index (χ0) is 12.4. The number of carbonyl (C=O) groups is 1. The van der Waals surface area contributed by atoms with Crippen molar-refractivity contribution in [1.82, 2.24) is 0 Å². The van der Waals surface area contributed by atoms with Crippen LogP contribution in [0.15, 0.2) is 0 Å². The minimum Gasteiger partial charge on any atom is -0.465 e. The van der Waals surface area contributed by atoms with E-state index in [-0.39, 0.29) is 30.1 Å². The summed E-state index contributed by atoms with van der Waals surface area (Å²) in [5.41, 5.74) is 5.60. The lowest BCUT2D eigenvalue weighted by Crippen LogP contribution is -2.40. The van der Waals surface area contributed by atoms with Gasteiger partial charge in [-0.25, -0.2) is 0 Å². The summed E-state index contributed by atoms with van der Waals surface area (Å²) >= 11 is 0. The summed E-state index contributed by atoms with van der Waals surface area (Å²) in [4.78, 5) is 12.1. The maximum Gasteiger partial charge on any atom is 0.315 e. The van der Waals surface area contributed by atoms with Crippen molar-refractivity contribution in [3.05, 3.63) is 0 Å². The van der Waals surface area contributed by atoms with Crippen LogP contribution < -0.4 is 5.73 Å². The minimum atomic E-state index is -0.653. The molecule has 1 saturated heterocycles. The number of fused-ring (bicyclic) bond motifs is 3. The molecule has 0 spiro atoms. The van der Waals surface area contributed by atoms with Crippen LogP contribution in [0.5, 0.6) is 0 Å². The van der Waals surface area contributed by atoms with Gasteiger partial charge in [-0.3, -0.25) is 4.79 Å². The fourth-order valence-electron chi connectivity index (χ4n) is 3.43. The number of rotatable bonds is 2. The van der Waals surface area contributed by atoms with Gasteiger partial charge in [0.05, 0.1) is 6.61 Å². The third kappa shape index (κ3) is 1.33. The summed E-state index contributed by atoms with van der Waals surface area (Å²) in [5.74, 6) is -0.665. The van der Waals surface area contributed by atoms with Gasteiger partial charge in [0.25, 0.3) is 0 Å². The average Bonchev–Trinajstić information content (AvgIpc) is 2.85. The molecule has 5 atom stereocenters. The number of ether oxygens (including phenoxy) is 3. The Balaban J connectivity index is 1.87. The lowest BCUT2D eigenvalue weighted by Gasteiger charge is -2.22. The van der Waals surface area contributed by atoms with E-state index in [1.807, 2.05) is 20.8 Å². The zero-order valence-corrected chi connectivity index (χ0v) is 10.4. The van der Waals surface area contributed by atoms with Crippen LogP contribution in [0.25, 0.3) is 0 Å². The number of carbonyl (C=O) groups excluding carboxylic acids is 1. The Kier molecular flexibility index (Phi) is 2.16. The molecule has 96 valence electrons. The topological polar surface area (TPSA) is 70.8 Å². The number of hydrogen-bond acceptors (Lipinski definition) is 5. The second-order valence-corrected chi connectivity index (χ2v) is 5.67. The lowest BCUT2D eigenvalue weighted by molar-refractivity contribution is -0.171. The third-order valence-electron chi connectivity index (χ3n) is 4.20. The molecule has 2 saturated carbocycles. The molecule has 0 unspecified atom stereocenters. The Morgan fingerprint density at radius 1 is 1.47 bits per heavy atom. The van der Waals surface area contributed by atoms with Gasteiger partial charge in [-0.2, -0.15) is 0 Å². The van der Waals surface area contributed by atoms with Gasteiger partial charge in [0, 0.05) is 6.04 Å². The molecule has 5 nitrogen and oxygen atoms in total. The van der Waals surface area contributed by atoms with E-state index in [0.29, 0.717) is 6.61 Å². The molecule has 3 rings (SSSR count). The highest BCUT2D eigenvalue weighted by Crippen LogP contribution is 2.67. The Labute approximate surface area is 101 Å². The number of hydrogen-bond donors (Lipinski definition) is 1. The minimum absolute atomic E-state index is 0.119. The third-order valence-corrected chi connectivity index (χ3v) is 4.20. The SMILES string of the molecule is CCOC(=O)[C@@]12C[C@@H]1[C@@H](N)[C@@H]1OC(C)(C)O[C@@H]12. The van der Waals surface area contributed by atoms with E-state index in [1.165, 1.54) is 0 Å². The fraction of sp³-hybridized carbons (Fsp3) is 0.917. The van der Waals surface area contributed by atoms with E-state index >= 15 is 0 Å². The summed E-state index contributed by atoms with van der Waals surface area (Å²) in [5, 5.41) is 0. The molecule has 5 heteroatoms. The Morgan fingerprint density at radius 3 is 2.82 bits per heavy atom. The van der Waals surface area contributed by atoms with Gasteiger partial charge in [0.15, 0.2) is 5.79 Å². The van der Waals surface area contributed by atoms with Crippen LogP contribution in [0.1, 0.15) is 27.2 Å². The molecule has 0 aromatic carbocycles. The largest absolute Gasteiger partial charge is 0.465 e. The van der Waals surface area contributed by atoms with Crippen molar-refractivity contribution in [3.63, 3.8) is 0 Å². The van der Waals surface area contributed by atoms with Crippen molar-refractivity contribution in [2.75, 3.05) is 6.61 Å². The fourth-order valence-corrected chi connectivity index (χ4v) is 3.43. The molecule has 3 aliphatic rings. The summed E-state index contributed by atoms with van der Waals surface area (Å²) in [6, 6.07) is -0.119. The van der Waals surface area contributed by atoms with Crippen LogP contribution in [0, 0.1) is 11.3 Å². The molecule has 2 N–H and O–H groups in total. The second-order valence-electron chi connectivity index (χ2n) is 5.67. The molecule has 0 radical (unpaired) electrons. The predicted molar refractivity (Wildman–Crippen MR) is 59.0 cm³/mol. The normalized spacial score (nSPS) is 49.6. The molecule has 1 aliphatic heterocycles. The first kappa shape index (κ1) is 11.4. The van der Waals surface area contributed by atoms with E-state index in [9.17, 15) is 4.79 Å². The monoisotopic (exact) mass is 241 g/mol. The summed E-state index contributed by atoms with van der Waals surface area (Å²) in [6.07, 6.45) is 0.359.